The van der Waals surface area contributed by atoms with Crippen LogP contribution in [-0.2, 0) is 14.8 Å². The summed E-state index contributed by atoms with van der Waals surface area (Å²) >= 11 is 18.1. The van der Waals surface area contributed by atoms with Gasteiger partial charge in [-0.3, -0.25) is 4.31 Å². The standard InChI is InChI=1S/C18H19Cl3N2O5S.C2H2/c1-22(8-10-24)18(25)28-11-9-23(17-12-14(20)4-7-16(17)21)29(26,27)15-5-2-13(19)3-6-15;1-2/h2-7,12,24H,8-11H2,1H3;1-2H. The molecular weight excluding hydrogens is 487 g/mol. The second-order valence-electron chi connectivity index (χ2n) is 5.89. The van der Waals surface area contributed by atoms with Gasteiger partial charge in [0.05, 0.1) is 28.8 Å². The van der Waals surface area contributed by atoms with Crippen molar-refractivity contribution in [1.82, 2.24) is 4.90 Å². The van der Waals surface area contributed by atoms with Crippen molar-refractivity contribution in [2.24, 2.45) is 0 Å². The number of aliphatic hydroxyl groups is 1. The van der Waals surface area contributed by atoms with Crippen molar-refractivity contribution in [1.29, 1.82) is 0 Å². The zero-order chi connectivity index (χ0) is 23.6. The first kappa shape index (κ1) is 26.9. The summed E-state index contributed by atoms with van der Waals surface area (Å²) in [7, 11) is -2.60. The average molecular weight is 508 g/mol. The molecule has 0 saturated heterocycles. The van der Waals surface area contributed by atoms with Gasteiger partial charge in [0.1, 0.15) is 6.61 Å². The molecule has 168 valence electrons. The number of amides is 1. The SMILES string of the molecule is C#C.CN(CCO)C(=O)OCCN(c1cc(Cl)ccc1Cl)S(=O)(=O)c1ccc(Cl)cc1. The molecule has 7 nitrogen and oxygen atoms in total. The Morgan fingerprint density at radius 3 is 2.19 bits per heavy atom. The number of likely N-dealkylation sites (N-methyl/N-ethyl adjacent to an activating group) is 1. The van der Waals surface area contributed by atoms with E-state index in [4.69, 9.17) is 44.6 Å². The highest BCUT2D eigenvalue weighted by Crippen LogP contribution is 2.33. The number of halogens is 3. The number of benzene rings is 2. The van der Waals surface area contributed by atoms with Crippen LogP contribution in [0, 0.1) is 12.8 Å². The molecule has 11 heteroatoms. The Morgan fingerprint density at radius 2 is 1.61 bits per heavy atom. The second-order valence-corrected chi connectivity index (χ2v) is 9.03. The van der Waals surface area contributed by atoms with E-state index >= 15 is 0 Å². The smallest absolute Gasteiger partial charge is 0.409 e. The van der Waals surface area contributed by atoms with Gasteiger partial charge in [0.25, 0.3) is 10.0 Å². The summed E-state index contributed by atoms with van der Waals surface area (Å²) in [5.41, 5.74) is 0.147. The lowest BCUT2D eigenvalue weighted by atomic mass is 10.3. The Balaban J connectivity index is 0.00000233. The normalized spacial score (nSPS) is 10.5. The van der Waals surface area contributed by atoms with E-state index in [1.165, 1.54) is 54.4 Å². The van der Waals surface area contributed by atoms with Crippen LogP contribution in [-0.4, -0.2) is 57.9 Å². The fourth-order valence-electron chi connectivity index (χ4n) is 2.35. The molecule has 0 unspecified atom stereocenters. The van der Waals surface area contributed by atoms with E-state index in [2.05, 4.69) is 12.8 Å². The van der Waals surface area contributed by atoms with E-state index in [0.29, 0.717) is 10.0 Å². The van der Waals surface area contributed by atoms with Gasteiger partial charge in [0.15, 0.2) is 0 Å². The third-order valence-corrected chi connectivity index (χ3v) is 6.48. The molecule has 2 aromatic carbocycles. The number of ether oxygens (including phenoxy) is 1. The van der Waals surface area contributed by atoms with Crippen molar-refractivity contribution in [3.63, 3.8) is 0 Å². The van der Waals surface area contributed by atoms with E-state index in [0.717, 1.165) is 4.31 Å². The first-order valence-electron chi connectivity index (χ1n) is 8.72. The predicted molar refractivity (Wildman–Crippen MR) is 123 cm³/mol. The fraction of sp³-hybridized carbons (Fsp3) is 0.250. The number of rotatable bonds is 8. The zero-order valence-corrected chi connectivity index (χ0v) is 19.6. The topological polar surface area (TPSA) is 87.2 Å². The van der Waals surface area contributed by atoms with Gasteiger partial charge >= 0.3 is 6.09 Å². The molecule has 31 heavy (non-hydrogen) atoms. The summed E-state index contributed by atoms with van der Waals surface area (Å²) in [5, 5.41) is 9.72. The molecule has 0 aliphatic carbocycles. The molecule has 0 fully saturated rings. The van der Waals surface area contributed by atoms with Gasteiger partial charge < -0.3 is 14.7 Å². The quantitative estimate of drug-likeness (QED) is 0.542. The number of aliphatic hydroxyl groups excluding tert-OH is 1. The lowest BCUT2D eigenvalue weighted by Gasteiger charge is -2.26. The number of nitrogens with zero attached hydrogens (tertiary/aromatic N) is 2. The van der Waals surface area contributed by atoms with Gasteiger partial charge in [-0.2, -0.15) is 0 Å². The summed E-state index contributed by atoms with van der Waals surface area (Å²) < 4.78 is 32.6. The lowest BCUT2D eigenvalue weighted by Crippen LogP contribution is -2.36. The van der Waals surface area contributed by atoms with Crippen molar-refractivity contribution in [2.75, 3.05) is 37.7 Å². The number of carbonyl (C=O) groups excluding carboxylic acids is 1. The number of anilines is 1. The van der Waals surface area contributed by atoms with E-state index in [-0.39, 0.29) is 41.9 Å². The Morgan fingerprint density at radius 1 is 1.03 bits per heavy atom. The molecule has 0 radical (unpaired) electrons. The van der Waals surface area contributed by atoms with Crippen molar-refractivity contribution in [2.45, 2.75) is 4.90 Å². The van der Waals surface area contributed by atoms with Crippen LogP contribution in [0.1, 0.15) is 0 Å². The van der Waals surface area contributed by atoms with E-state index < -0.39 is 16.1 Å². The van der Waals surface area contributed by atoms with E-state index in [1.54, 1.807) is 0 Å². The Bertz CT molecular complexity index is 998. The van der Waals surface area contributed by atoms with Crippen molar-refractivity contribution in [3.8, 4) is 12.8 Å². The molecule has 1 amide bonds. The molecule has 0 aromatic heterocycles. The molecule has 0 heterocycles. The average Bonchev–Trinajstić information content (AvgIpc) is 2.75. The van der Waals surface area contributed by atoms with Crippen molar-refractivity contribution < 1.29 is 23.1 Å². The zero-order valence-electron chi connectivity index (χ0n) is 16.5. The van der Waals surface area contributed by atoms with Crippen LogP contribution in [0.15, 0.2) is 47.4 Å². The third kappa shape index (κ3) is 7.49. The van der Waals surface area contributed by atoms with Gasteiger partial charge in [-0.05, 0) is 42.5 Å². The maximum atomic E-state index is 13.2. The largest absolute Gasteiger partial charge is 0.447 e. The van der Waals surface area contributed by atoms with Crippen LogP contribution >= 0.6 is 34.8 Å². The first-order valence-corrected chi connectivity index (χ1v) is 11.3. The summed E-state index contributed by atoms with van der Waals surface area (Å²) in [6.07, 6.45) is 7.31. The van der Waals surface area contributed by atoms with E-state index in [9.17, 15) is 13.2 Å². The summed E-state index contributed by atoms with van der Waals surface area (Å²) in [4.78, 5) is 13.1. The third-order valence-electron chi connectivity index (χ3n) is 3.85. The molecule has 2 aromatic rings. The first-order chi connectivity index (χ1) is 14.7. The molecule has 2 rings (SSSR count). The molecule has 0 spiro atoms. The summed E-state index contributed by atoms with van der Waals surface area (Å²) in [6.45, 7) is -0.583. The van der Waals surface area contributed by atoms with E-state index in [1.807, 2.05) is 0 Å². The Hall–Kier alpha value is -2.15. The number of sulfonamides is 1. The summed E-state index contributed by atoms with van der Waals surface area (Å²) in [5.74, 6) is 0. The molecule has 0 aliphatic heterocycles. The lowest BCUT2D eigenvalue weighted by molar-refractivity contribution is 0.106. The van der Waals surface area contributed by atoms with Crippen LogP contribution in [0.3, 0.4) is 0 Å². The molecule has 0 bridgehead atoms. The van der Waals surface area contributed by atoms with Crippen LogP contribution in [0.2, 0.25) is 15.1 Å². The van der Waals surface area contributed by atoms with Gasteiger partial charge in [0, 0.05) is 23.6 Å². The number of hydrogen-bond acceptors (Lipinski definition) is 5. The maximum Gasteiger partial charge on any atom is 0.409 e. The van der Waals surface area contributed by atoms with Gasteiger partial charge in [-0.25, -0.2) is 13.2 Å². The fourth-order valence-corrected chi connectivity index (χ4v) is 4.37. The predicted octanol–water partition coefficient (Wildman–Crippen LogP) is 4.15. The van der Waals surface area contributed by atoms with Crippen LogP contribution in [0.4, 0.5) is 10.5 Å². The molecule has 0 saturated carbocycles. The molecular formula is C20H21Cl3N2O5S. The van der Waals surface area contributed by atoms with Crippen molar-refractivity contribution in [3.05, 3.63) is 57.5 Å². The van der Waals surface area contributed by atoms with Crippen LogP contribution in [0.5, 0.6) is 0 Å². The highest BCUT2D eigenvalue weighted by molar-refractivity contribution is 7.92. The second kappa shape index (κ2) is 12.6. The molecule has 0 aliphatic rings. The summed E-state index contributed by atoms with van der Waals surface area (Å²) in [6, 6.07) is 10.1. The minimum Gasteiger partial charge on any atom is -0.447 e. The maximum absolute atomic E-state index is 13.2. The van der Waals surface area contributed by atoms with Gasteiger partial charge in [0.2, 0.25) is 0 Å². The number of carbonyl (C=O) groups is 1. The number of hydrogen-bond donors (Lipinski definition) is 1. The monoisotopic (exact) mass is 506 g/mol. The minimum absolute atomic E-state index is 0.0123. The molecule has 1 N–H and O–H groups in total. The van der Waals surface area contributed by atoms with Gasteiger partial charge in [-0.1, -0.05) is 34.8 Å². The Labute approximate surface area is 197 Å². The highest BCUT2D eigenvalue weighted by atomic mass is 35.5. The number of terminal acetylenes is 1. The molecule has 0 atom stereocenters. The van der Waals surface area contributed by atoms with Crippen LogP contribution in [0.25, 0.3) is 0 Å². The highest BCUT2D eigenvalue weighted by Gasteiger charge is 2.27. The van der Waals surface area contributed by atoms with Gasteiger partial charge in [-0.15, -0.1) is 12.8 Å². The van der Waals surface area contributed by atoms with Crippen LogP contribution < -0.4 is 4.31 Å². The minimum atomic E-state index is -4.05. The van der Waals surface area contributed by atoms with Crippen molar-refractivity contribution >= 4 is 56.6 Å². The Kier molecular flexibility index (Phi) is 11.0.